The minimum Gasteiger partial charge on any atom is -0.486 e. The zero-order valence-electron chi connectivity index (χ0n) is 22.0. The number of hydrogen-bond donors (Lipinski definition) is 0. The second-order valence-electron chi connectivity index (χ2n) is 10.1. The predicted molar refractivity (Wildman–Crippen MR) is 150 cm³/mol. The van der Waals surface area contributed by atoms with Gasteiger partial charge in [-0.15, -0.1) is 0 Å². The molecule has 38 heavy (non-hydrogen) atoms. The van der Waals surface area contributed by atoms with Crippen LogP contribution in [0.25, 0.3) is 5.69 Å². The summed E-state index contributed by atoms with van der Waals surface area (Å²) < 4.78 is 15.0. The fourth-order valence-electron chi connectivity index (χ4n) is 4.32. The number of anilines is 1. The summed E-state index contributed by atoms with van der Waals surface area (Å²) in [7, 11) is 0. The molecule has 0 amide bonds. The van der Waals surface area contributed by atoms with Gasteiger partial charge < -0.3 is 14.4 Å². The van der Waals surface area contributed by atoms with Crippen LogP contribution in [0.1, 0.15) is 42.6 Å². The molecular weight excluding hydrogens is 500 g/mol. The minimum atomic E-state index is -0.289. The van der Waals surface area contributed by atoms with Crippen LogP contribution in [0.5, 0.6) is 5.75 Å². The van der Waals surface area contributed by atoms with E-state index in [0.717, 1.165) is 61.7 Å². The van der Waals surface area contributed by atoms with Crippen LogP contribution in [0.15, 0.2) is 65.6 Å². The Balaban J connectivity index is 1.23. The Morgan fingerprint density at radius 1 is 1.03 bits per heavy atom. The molecule has 1 saturated heterocycles. The van der Waals surface area contributed by atoms with Crippen LogP contribution in [0.2, 0.25) is 0 Å². The van der Waals surface area contributed by atoms with Gasteiger partial charge in [0.15, 0.2) is 0 Å². The van der Waals surface area contributed by atoms with E-state index < -0.39 is 0 Å². The molecule has 1 saturated carbocycles. The first-order valence-electron chi connectivity index (χ1n) is 13.2. The van der Waals surface area contributed by atoms with Crippen LogP contribution in [0.3, 0.4) is 0 Å². The molecule has 0 radical (unpaired) electrons. The molecule has 0 N–H and O–H groups in total. The lowest BCUT2D eigenvalue weighted by atomic mass is 10.1. The molecule has 1 aliphatic heterocycles. The number of nitrogens with zero attached hydrogens (tertiary/aromatic N) is 4. The molecule has 200 valence electrons. The Morgan fingerprint density at radius 3 is 2.39 bits per heavy atom. The van der Waals surface area contributed by atoms with E-state index in [2.05, 4.69) is 21.2 Å². The van der Waals surface area contributed by atoms with Crippen LogP contribution in [-0.4, -0.2) is 59.4 Å². The summed E-state index contributed by atoms with van der Waals surface area (Å²) in [6, 6.07) is 17.1. The van der Waals surface area contributed by atoms with Gasteiger partial charge in [-0.3, -0.25) is 4.79 Å². The van der Waals surface area contributed by atoms with E-state index in [9.17, 15) is 9.59 Å². The summed E-state index contributed by atoms with van der Waals surface area (Å²) in [5, 5.41) is 4.50. The quantitative estimate of drug-likeness (QED) is 0.277. The molecule has 2 aliphatic rings. The number of carbonyl (C=O) groups excluding carboxylic acids is 1. The monoisotopic (exact) mass is 534 g/mol. The minimum absolute atomic E-state index is 0.161. The van der Waals surface area contributed by atoms with Crippen molar-refractivity contribution in [3.05, 3.63) is 82.3 Å². The first-order chi connectivity index (χ1) is 18.5. The van der Waals surface area contributed by atoms with Crippen molar-refractivity contribution in [2.24, 2.45) is 5.41 Å². The third-order valence-corrected chi connectivity index (χ3v) is 8.23. The van der Waals surface area contributed by atoms with Crippen molar-refractivity contribution in [3.63, 3.8) is 0 Å². The molecule has 1 aromatic heterocycles. The van der Waals surface area contributed by atoms with Crippen LogP contribution < -0.4 is 15.2 Å². The van der Waals surface area contributed by atoms with Crippen molar-refractivity contribution < 1.29 is 14.3 Å². The highest BCUT2D eigenvalue weighted by Crippen LogP contribution is 2.45. The molecule has 0 bridgehead atoms. The maximum absolute atomic E-state index is 13.5. The number of para-hydroxylation sites is 1. The van der Waals surface area contributed by atoms with E-state index in [1.807, 2.05) is 54.6 Å². The lowest BCUT2D eigenvalue weighted by Gasteiger charge is -2.35. The second-order valence-corrected chi connectivity index (χ2v) is 11.2. The topological polar surface area (TPSA) is 76.9 Å². The van der Waals surface area contributed by atoms with E-state index in [-0.39, 0.29) is 16.9 Å². The van der Waals surface area contributed by atoms with E-state index in [0.29, 0.717) is 24.5 Å². The molecule has 0 spiro atoms. The van der Waals surface area contributed by atoms with Crippen LogP contribution in [0.4, 0.5) is 5.69 Å². The lowest BCUT2D eigenvalue weighted by molar-refractivity contribution is 0.0526. The lowest BCUT2D eigenvalue weighted by Crippen LogP contribution is -2.44. The average Bonchev–Trinajstić information content (AvgIpc) is 3.69. The molecular formula is C29H34N4O4S. The smallest absolute Gasteiger partial charge is 0.338 e. The SMILES string of the molecule is CCOC(=O)c1ccc(CSN2CCN(c3cnn(-c4ccccc4)c(=O)c3OCC3(C)CC3)CC2)cc1. The number of hydrogen-bond acceptors (Lipinski definition) is 8. The van der Waals surface area contributed by atoms with Crippen LogP contribution in [-0.2, 0) is 10.5 Å². The van der Waals surface area contributed by atoms with Gasteiger partial charge in [0.25, 0.3) is 0 Å². The zero-order chi connectivity index (χ0) is 26.5. The average molecular weight is 535 g/mol. The first kappa shape index (κ1) is 26.3. The highest BCUT2D eigenvalue weighted by molar-refractivity contribution is 7.96. The zero-order valence-corrected chi connectivity index (χ0v) is 22.8. The molecule has 0 atom stereocenters. The maximum atomic E-state index is 13.5. The van der Waals surface area contributed by atoms with Gasteiger partial charge in [-0.1, -0.05) is 49.2 Å². The van der Waals surface area contributed by atoms with E-state index >= 15 is 0 Å². The van der Waals surface area contributed by atoms with E-state index in [1.54, 1.807) is 25.1 Å². The number of rotatable bonds is 10. The number of carbonyl (C=O) groups is 1. The van der Waals surface area contributed by atoms with Crippen molar-refractivity contribution in [2.75, 3.05) is 44.3 Å². The first-order valence-corrected chi connectivity index (χ1v) is 14.1. The number of aromatic nitrogens is 2. The third-order valence-electron chi connectivity index (χ3n) is 7.04. The Morgan fingerprint density at radius 2 is 1.74 bits per heavy atom. The van der Waals surface area contributed by atoms with Gasteiger partial charge in [-0.05, 0) is 49.6 Å². The van der Waals surface area contributed by atoms with Crippen LogP contribution >= 0.6 is 11.9 Å². The molecule has 1 aliphatic carbocycles. The standard InChI is InChI=1S/C29H34N4O4S/c1-3-36-28(35)23-11-9-22(10-12-23)20-38-32-17-15-31(16-18-32)25-19-30-33(24-7-5-4-6-8-24)27(34)26(25)37-21-29(2)13-14-29/h4-12,19H,3,13-18,20-21H2,1-2H3. The Labute approximate surface area is 227 Å². The number of piperazine rings is 1. The molecule has 8 nitrogen and oxygen atoms in total. The molecule has 2 fully saturated rings. The summed E-state index contributed by atoms with van der Waals surface area (Å²) >= 11 is 1.78. The van der Waals surface area contributed by atoms with E-state index in [1.165, 1.54) is 4.68 Å². The van der Waals surface area contributed by atoms with Gasteiger partial charge in [0.1, 0.15) is 5.69 Å². The van der Waals surface area contributed by atoms with Gasteiger partial charge in [0, 0.05) is 37.3 Å². The Kier molecular flexibility index (Phi) is 8.04. The summed E-state index contributed by atoms with van der Waals surface area (Å²) in [6.07, 6.45) is 4.02. The number of ether oxygens (including phenoxy) is 2. The summed E-state index contributed by atoms with van der Waals surface area (Å²) in [5.41, 5.74) is 3.16. The van der Waals surface area contributed by atoms with Gasteiger partial charge in [0.05, 0.1) is 30.7 Å². The van der Waals surface area contributed by atoms with Crippen molar-refractivity contribution in [1.29, 1.82) is 0 Å². The molecule has 5 rings (SSSR count). The van der Waals surface area contributed by atoms with Gasteiger partial charge in [-0.25, -0.2) is 9.10 Å². The summed E-state index contributed by atoms with van der Waals surface area (Å²) in [4.78, 5) is 27.6. The largest absolute Gasteiger partial charge is 0.486 e. The molecule has 2 aromatic carbocycles. The maximum Gasteiger partial charge on any atom is 0.338 e. The molecule has 0 unspecified atom stereocenters. The third kappa shape index (κ3) is 6.22. The molecule has 2 heterocycles. The Bertz CT molecular complexity index is 1300. The number of esters is 1. The fraction of sp³-hybridized carbons (Fsp3) is 0.414. The van der Waals surface area contributed by atoms with Gasteiger partial charge in [0.2, 0.25) is 5.75 Å². The van der Waals surface area contributed by atoms with Crippen molar-refractivity contribution in [1.82, 2.24) is 14.1 Å². The van der Waals surface area contributed by atoms with Crippen molar-refractivity contribution >= 4 is 23.6 Å². The Hall–Kier alpha value is -3.30. The number of benzene rings is 2. The van der Waals surface area contributed by atoms with Crippen LogP contribution in [0, 0.1) is 5.41 Å². The molecule has 9 heteroatoms. The normalized spacial score (nSPS) is 16.7. The second kappa shape index (κ2) is 11.6. The van der Waals surface area contributed by atoms with Gasteiger partial charge in [-0.2, -0.15) is 9.78 Å². The highest BCUT2D eigenvalue weighted by Gasteiger charge is 2.39. The summed E-state index contributed by atoms with van der Waals surface area (Å²) in [5.74, 6) is 0.924. The fourth-order valence-corrected chi connectivity index (χ4v) is 5.27. The van der Waals surface area contributed by atoms with Crippen molar-refractivity contribution in [2.45, 2.75) is 32.4 Å². The van der Waals surface area contributed by atoms with Gasteiger partial charge >= 0.3 is 11.5 Å². The highest BCUT2D eigenvalue weighted by atomic mass is 32.2. The van der Waals surface area contributed by atoms with Crippen molar-refractivity contribution in [3.8, 4) is 11.4 Å². The summed E-state index contributed by atoms with van der Waals surface area (Å²) in [6.45, 7) is 8.17. The van der Waals surface area contributed by atoms with E-state index in [4.69, 9.17) is 9.47 Å². The molecule has 3 aromatic rings. The predicted octanol–water partition coefficient (Wildman–Crippen LogP) is 4.56.